The number of hydrogen-bond acceptors (Lipinski definition) is 3. The predicted molar refractivity (Wildman–Crippen MR) is 92.9 cm³/mol. The minimum Gasteiger partial charge on any atom is -0.384 e. The van der Waals surface area contributed by atoms with Gasteiger partial charge in [0, 0.05) is 36.4 Å². The van der Waals surface area contributed by atoms with Crippen molar-refractivity contribution in [3.8, 4) is 0 Å². The van der Waals surface area contributed by atoms with Crippen LogP contribution in [0.15, 0.2) is 22.7 Å². The maximum absolute atomic E-state index is 6.17. The van der Waals surface area contributed by atoms with E-state index in [1.807, 2.05) is 0 Å². The third kappa shape index (κ3) is 4.70. The molecular weight excluding hydrogens is 328 g/mol. The fourth-order valence-corrected chi connectivity index (χ4v) is 3.52. The number of nitrogens with zero attached hydrogens (tertiary/aromatic N) is 1. The molecule has 1 aliphatic rings. The van der Waals surface area contributed by atoms with Crippen LogP contribution in [0.5, 0.6) is 0 Å². The van der Waals surface area contributed by atoms with Gasteiger partial charge in [-0.25, -0.2) is 0 Å². The summed E-state index contributed by atoms with van der Waals surface area (Å²) < 4.78 is 6.48. The zero-order valence-corrected chi connectivity index (χ0v) is 14.7. The van der Waals surface area contributed by atoms with E-state index in [-0.39, 0.29) is 6.04 Å². The molecule has 0 spiro atoms. The van der Waals surface area contributed by atoms with Gasteiger partial charge in [-0.2, -0.15) is 0 Å². The molecule has 1 aromatic rings. The van der Waals surface area contributed by atoms with E-state index in [2.05, 4.69) is 46.0 Å². The van der Waals surface area contributed by atoms with Crippen LogP contribution in [0.3, 0.4) is 0 Å². The molecule has 0 aliphatic carbocycles. The topological polar surface area (TPSA) is 38.5 Å². The number of benzene rings is 1. The molecule has 0 saturated carbocycles. The number of anilines is 1. The van der Waals surface area contributed by atoms with Crippen LogP contribution in [-0.4, -0.2) is 32.8 Å². The summed E-state index contributed by atoms with van der Waals surface area (Å²) >= 11 is 3.59. The molecule has 1 heterocycles. The molecule has 1 aliphatic heterocycles. The number of nitrogens with two attached hydrogens (primary N) is 1. The van der Waals surface area contributed by atoms with E-state index in [1.165, 1.54) is 24.1 Å². The van der Waals surface area contributed by atoms with E-state index in [0.29, 0.717) is 5.92 Å². The molecule has 1 saturated heterocycles. The summed E-state index contributed by atoms with van der Waals surface area (Å²) in [6.45, 7) is 5.23. The highest BCUT2D eigenvalue weighted by Gasteiger charge is 2.22. The maximum Gasteiger partial charge on any atom is 0.0507 e. The fraction of sp³-hybridized carbons (Fsp3) is 0.647. The number of rotatable bonds is 6. The van der Waals surface area contributed by atoms with Gasteiger partial charge in [0.2, 0.25) is 0 Å². The van der Waals surface area contributed by atoms with Crippen LogP contribution in [-0.2, 0) is 11.2 Å². The lowest BCUT2D eigenvalue weighted by Gasteiger charge is -2.35. The Labute approximate surface area is 137 Å². The SMILES string of the molecule is CCC(N)Cc1cc(Br)ccc1N1CCCC(COC)C1. The molecule has 4 heteroatoms. The molecule has 2 unspecified atom stereocenters. The average molecular weight is 355 g/mol. The molecule has 2 N–H and O–H groups in total. The van der Waals surface area contributed by atoms with Gasteiger partial charge < -0.3 is 15.4 Å². The summed E-state index contributed by atoms with van der Waals surface area (Å²) in [6, 6.07) is 6.83. The molecule has 118 valence electrons. The van der Waals surface area contributed by atoms with Crippen molar-refractivity contribution in [2.75, 3.05) is 31.7 Å². The molecule has 3 nitrogen and oxygen atoms in total. The first kappa shape index (κ1) is 16.8. The second kappa shape index (κ2) is 8.16. The highest BCUT2D eigenvalue weighted by Crippen LogP contribution is 2.29. The quantitative estimate of drug-likeness (QED) is 0.848. The second-order valence-corrected chi connectivity index (χ2v) is 6.97. The summed E-state index contributed by atoms with van der Waals surface area (Å²) in [7, 11) is 1.80. The number of ether oxygens (including phenoxy) is 1. The number of halogens is 1. The highest BCUT2D eigenvalue weighted by atomic mass is 79.9. The van der Waals surface area contributed by atoms with Crippen molar-refractivity contribution in [2.24, 2.45) is 11.7 Å². The molecule has 0 bridgehead atoms. The molecule has 0 aromatic heterocycles. The van der Waals surface area contributed by atoms with E-state index in [4.69, 9.17) is 10.5 Å². The van der Waals surface area contributed by atoms with Gasteiger partial charge in [-0.3, -0.25) is 0 Å². The molecule has 1 aromatic carbocycles. The first-order valence-corrected chi connectivity index (χ1v) is 8.71. The Morgan fingerprint density at radius 1 is 1.48 bits per heavy atom. The molecule has 0 radical (unpaired) electrons. The van der Waals surface area contributed by atoms with Crippen LogP contribution in [0.1, 0.15) is 31.7 Å². The van der Waals surface area contributed by atoms with Crippen molar-refractivity contribution in [1.29, 1.82) is 0 Å². The lowest BCUT2D eigenvalue weighted by molar-refractivity contribution is 0.143. The van der Waals surface area contributed by atoms with Crippen molar-refractivity contribution >= 4 is 21.6 Å². The molecule has 2 rings (SSSR count). The van der Waals surface area contributed by atoms with Crippen LogP contribution in [0, 0.1) is 5.92 Å². The van der Waals surface area contributed by atoms with Gasteiger partial charge in [-0.05, 0) is 55.4 Å². The van der Waals surface area contributed by atoms with Crippen LogP contribution in [0.2, 0.25) is 0 Å². The second-order valence-electron chi connectivity index (χ2n) is 6.06. The average Bonchev–Trinajstić information content (AvgIpc) is 2.48. The van der Waals surface area contributed by atoms with Crippen molar-refractivity contribution in [3.05, 3.63) is 28.2 Å². The van der Waals surface area contributed by atoms with Crippen molar-refractivity contribution in [3.63, 3.8) is 0 Å². The van der Waals surface area contributed by atoms with Crippen LogP contribution in [0.25, 0.3) is 0 Å². The molecule has 1 fully saturated rings. The van der Waals surface area contributed by atoms with Gasteiger partial charge in [0.15, 0.2) is 0 Å². The third-order valence-corrected chi connectivity index (χ3v) is 4.80. The van der Waals surface area contributed by atoms with Crippen molar-refractivity contribution in [2.45, 2.75) is 38.6 Å². The van der Waals surface area contributed by atoms with Crippen LogP contribution < -0.4 is 10.6 Å². The Hall–Kier alpha value is -0.580. The van der Waals surface area contributed by atoms with Crippen LogP contribution >= 0.6 is 15.9 Å². The Morgan fingerprint density at radius 3 is 3.00 bits per heavy atom. The summed E-state index contributed by atoms with van der Waals surface area (Å²) in [5.41, 5.74) is 8.88. The maximum atomic E-state index is 6.17. The van der Waals surface area contributed by atoms with Gasteiger partial charge in [-0.15, -0.1) is 0 Å². The first-order chi connectivity index (χ1) is 10.1. The normalized spacial score (nSPS) is 20.6. The van der Waals surface area contributed by atoms with Gasteiger partial charge in [-0.1, -0.05) is 22.9 Å². The predicted octanol–water partition coefficient (Wildman–Crippen LogP) is 3.59. The van der Waals surface area contributed by atoms with Gasteiger partial charge in [0.1, 0.15) is 0 Å². The van der Waals surface area contributed by atoms with E-state index in [0.717, 1.165) is 37.0 Å². The summed E-state index contributed by atoms with van der Waals surface area (Å²) in [4.78, 5) is 2.51. The standard InChI is InChI=1S/C17H27BrN2O/c1-3-16(19)10-14-9-15(18)6-7-17(14)20-8-4-5-13(11-20)12-21-2/h6-7,9,13,16H,3-5,8,10-12,19H2,1-2H3. The van der Waals surface area contributed by atoms with Gasteiger partial charge >= 0.3 is 0 Å². The lowest BCUT2D eigenvalue weighted by atomic mass is 9.96. The zero-order chi connectivity index (χ0) is 15.2. The smallest absolute Gasteiger partial charge is 0.0507 e. The minimum atomic E-state index is 0.234. The minimum absolute atomic E-state index is 0.234. The Morgan fingerprint density at radius 2 is 2.29 bits per heavy atom. The van der Waals surface area contributed by atoms with E-state index < -0.39 is 0 Å². The first-order valence-electron chi connectivity index (χ1n) is 7.92. The van der Waals surface area contributed by atoms with Crippen molar-refractivity contribution in [1.82, 2.24) is 0 Å². The summed E-state index contributed by atoms with van der Waals surface area (Å²) in [6.07, 6.45) is 4.46. The van der Waals surface area contributed by atoms with Gasteiger partial charge in [0.25, 0.3) is 0 Å². The third-order valence-electron chi connectivity index (χ3n) is 4.31. The molecular formula is C17H27BrN2O. The highest BCUT2D eigenvalue weighted by molar-refractivity contribution is 9.10. The largest absolute Gasteiger partial charge is 0.384 e. The lowest BCUT2D eigenvalue weighted by Crippen LogP contribution is -2.38. The van der Waals surface area contributed by atoms with Crippen LogP contribution in [0.4, 0.5) is 5.69 Å². The van der Waals surface area contributed by atoms with E-state index in [9.17, 15) is 0 Å². The van der Waals surface area contributed by atoms with E-state index in [1.54, 1.807) is 7.11 Å². The van der Waals surface area contributed by atoms with Gasteiger partial charge in [0.05, 0.1) is 6.61 Å². The fourth-order valence-electron chi connectivity index (χ4n) is 3.11. The van der Waals surface area contributed by atoms with E-state index >= 15 is 0 Å². The number of piperidine rings is 1. The Bertz CT molecular complexity index is 450. The monoisotopic (exact) mass is 354 g/mol. The Balaban J connectivity index is 2.17. The zero-order valence-electron chi connectivity index (χ0n) is 13.1. The van der Waals surface area contributed by atoms with Crippen molar-refractivity contribution < 1.29 is 4.74 Å². The Kier molecular flexibility index (Phi) is 6.52. The molecule has 21 heavy (non-hydrogen) atoms. The summed E-state index contributed by atoms with van der Waals surface area (Å²) in [5, 5.41) is 0. The number of methoxy groups -OCH3 is 1. The number of hydrogen-bond donors (Lipinski definition) is 1. The molecule has 0 amide bonds. The summed E-state index contributed by atoms with van der Waals surface area (Å²) in [5.74, 6) is 0.639. The molecule has 2 atom stereocenters.